The fraction of sp³-hybridized carbons (Fsp3) is 0.632. The molecule has 0 saturated carbocycles. The predicted molar refractivity (Wildman–Crippen MR) is 99.1 cm³/mol. The third-order valence-corrected chi connectivity index (χ3v) is 5.10. The smallest absolute Gasteiger partial charge is 0.224 e. The SMILES string of the molecule is CC(C)Sc1ccc(CC(=O)NCCCCN2CCCC2)cc1. The Labute approximate surface area is 145 Å². The average molecular weight is 335 g/mol. The predicted octanol–water partition coefficient (Wildman–Crippen LogP) is 3.72. The maximum atomic E-state index is 12.0. The molecule has 1 fully saturated rings. The Hall–Kier alpha value is -1.00. The summed E-state index contributed by atoms with van der Waals surface area (Å²) in [6, 6.07) is 8.36. The van der Waals surface area contributed by atoms with Crippen LogP contribution in [0.25, 0.3) is 0 Å². The van der Waals surface area contributed by atoms with Crippen molar-refractivity contribution >= 4 is 17.7 Å². The molecule has 2 rings (SSSR count). The lowest BCUT2D eigenvalue weighted by molar-refractivity contribution is -0.120. The van der Waals surface area contributed by atoms with Gasteiger partial charge < -0.3 is 10.2 Å². The molecule has 0 bridgehead atoms. The van der Waals surface area contributed by atoms with E-state index in [1.807, 2.05) is 11.8 Å². The van der Waals surface area contributed by atoms with E-state index in [4.69, 9.17) is 0 Å². The Morgan fingerprint density at radius 3 is 2.52 bits per heavy atom. The van der Waals surface area contributed by atoms with Crippen molar-refractivity contribution in [3.8, 4) is 0 Å². The molecule has 1 saturated heterocycles. The average Bonchev–Trinajstić information content (AvgIpc) is 3.02. The Bertz CT molecular complexity index is 467. The first-order chi connectivity index (χ1) is 11.1. The number of amides is 1. The van der Waals surface area contributed by atoms with Crippen molar-refractivity contribution in [2.24, 2.45) is 0 Å². The molecule has 0 atom stereocenters. The zero-order valence-corrected chi connectivity index (χ0v) is 15.3. The van der Waals surface area contributed by atoms with E-state index in [-0.39, 0.29) is 5.91 Å². The Morgan fingerprint density at radius 1 is 1.17 bits per heavy atom. The van der Waals surface area contributed by atoms with Gasteiger partial charge in [0.15, 0.2) is 0 Å². The maximum absolute atomic E-state index is 12.0. The lowest BCUT2D eigenvalue weighted by Crippen LogP contribution is -2.27. The molecule has 3 nitrogen and oxygen atoms in total. The molecular weight excluding hydrogens is 304 g/mol. The number of hydrogen-bond acceptors (Lipinski definition) is 3. The van der Waals surface area contributed by atoms with Gasteiger partial charge in [0.25, 0.3) is 0 Å². The van der Waals surface area contributed by atoms with E-state index < -0.39 is 0 Å². The van der Waals surface area contributed by atoms with Crippen molar-refractivity contribution in [1.29, 1.82) is 0 Å². The van der Waals surface area contributed by atoms with Gasteiger partial charge in [-0.05, 0) is 63.0 Å². The summed E-state index contributed by atoms with van der Waals surface area (Å²) in [6.07, 6.45) is 5.45. The first-order valence-corrected chi connectivity index (χ1v) is 9.76. The van der Waals surface area contributed by atoms with Crippen molar-refractivity contribution in [3.63, 3.8) is 0 Å². The molecule has 1 N–H and O–H groups in total. The van der Waals surface area contributed by atoms with Gasteiger partial charge in [0.1, 0.15) is 0 Å². The summed E-state index contributed by atoms with van der Waals surface area (Å²) < 4.78 is 0. The normalized spacial score (nSPS) is 15.3. The molecule has 0 unspecified atom stereocenters. The van der Waals surface area contributed by atoms with Gasteiger partial charge >= 0.3 is 0 Å². The Morgan fingerprint density at radius 2 is 1.87 bits per heavy atom. The zero-order valence-electron chi connectivity index (χ0n) is 14.5. The fourth-order valence-corrected chi connectivity index (χ4v) is 3.74. The minimum absolute atomic E-state index is 0.135. The van der Waals surface area contributed by atoms with E-state index in [9.17, 15) is 4.79 Å². The summed E-state index contributed by atoms with van der Waals surface area (Å²) in [7, 11) is 0. The lowest BCUT2D eigenvalue weighted by atomic mass is 10.1. The van der Waals surface area contributed by atoms with Gasteiger partial charge in [-0.3, -0.25) is 4.79 Å². The van der Waals surface area contributed by atoms with Crippen LogP contribution in [0.2, 0.25) is 0 Å². The Kier molecular flexibility index (Phi) is 7.96. The molecule has 0 aromatic heterocycles. The maximum Gasteiger partial charge on any atom is 0.224 e. The van der Waals surface area contributed by atoms with Crippen molar-refractivity contribution in [3.05, 3.63) is 29.8 Å². The molecule has 4 heteroatoms. The second-order valence-corrected chi connectivity index (χ2v) is 8.24. The standard InChI is InChI=1S/C19H30N2OS/c1-16(2)23-18-9-7-17(8-10-18)15-19(22)20-11-3-4-12-21-13-5-6-14-21/h7-10,16H,3-6,11-15H2,1-2H3,(H,20,22). The van der Waals surface area contributed by atoms with Crippen LogP contribution < -0.4 is 5.32 Å². The van der Waals surface area contributed by atoms with E-state index in [1.54, 1.807) is 0 Å². The third kappa shape index (κ3) is 7.40. The van der Waals surface area contributed by atoms with Gasteiger partial charge in [0.2, 0.25) is 5.91 Å². The van der Waals surface area contributed by atoms with Gasteiger partial charge in [-0.15, -0.1) is 11.8 Å². The summed E-state index contributed by atoms with van der Waals surface area (Å²) in [5, 5.41) is 3.63. The highest BCUT2D eigenvalue weighted by Crippen LogP contribution is 2.22. The first-order valence-electron chi connectivity index (χ1n) is 8.88. The van der Waals surface area contributed by atoms with Crippen LogP contribution in [0.1, 0.15) is 45.1 Å². The molecular formula is C19H30N2OS. The van der Waals surface area contributed by atoms with Crippen molar-refractivity contribution in [1.82, 2.24) is 10.2 Å². The van der Waals surface area contributed by atoms with Gasteiger partial charge in [-0.1, -0.05) is 26.0 Å². The van der Waals surface area contributed by atoms with Gasteiger partial charge in [0.05, 0.1) is 6.42 Å². The summed E-state index contributed by atoms with van der Waals surface area (Å²) in [4.78, 5) is 15.8. The summed E-state index contributed by atoms with van der Waals surface area (Å²) in [5.74, 6) is 0.135. The number of carbonyl (C=O) groups is 1. The molecule has 1 aromatic rings. The fourth-order valence-electron chi connectivity index (χ4n) is 2.90. The van der Waals surface area contributed by atoms with Crippen molar-refractivity contribution < 1.29 is 4.79 Å². The molecule has 0 spiro atoms. The van der Waals surface area contributed by atoms with Crippen LogP contribution >= 0.6 is 11.8 Å². The van der Waals surface area contributed by atoms with Crippen LogP contribution in [0.15, 0.2) is 29.2 Å². The molecule has 0 aliphatic carbocycles. The van der Waals surface area contributed by atoms with E-state index in [1.165, 1.54) is 43.8 Å². The number of benzene rings is 1. The largest absolute Gasteiger partial charge is 0.356 e. The van der Waals surface area contributed by atoms with Gasteiger partial charge in [0, 0.05) is 16.7 Å². The van der Waals surface area contributed by atoms with Crippen LogP contribution in [-0.4, -0.2) is 42.2 Å². The summed E-state index contributed by atoms with van der Waals surface area (Å²) in [5.41, 5.74) is 1.09. The molecule has 23 heavy (non-hydrogen) atoms. The van der Waals surface area contributed by atoms with Gasteiger partial charge in [-0.25, -0.2) is 0 Å². The second-order valence-electron chi connectivity index (χ2n) is 6.59. The minimum atomic E-state index is 0.135. The monoisotopic (exact) mass is 334 g/mol. The minimum Gasteiger partial charge on any atom is -0.356 e. The molecule has 1 aliphatic heterocycles. The highest BCUT2D eigenvalue weighted by molar-refractivity contribution is 7.99. The van der Waals surface area contributed by atoms with E-state index in [0.717, 1.165) is 18.5 Å². The van der Waals surface area contributed by atoms with Crippen molar-refractivity contribution in [2.45, 2.75) is 56.1 Å². The molecule has 0 radical (unpaired) electrons. The van der Waals surface area contributed by atoms with E-state index in [0.29, 0.717) is 11.7 Å². The van der Waals surface area contributed by atoms with Crippen LogP contribution in [-0.2, 0) is 11.2 Å². The van der Waals surface area contributed by atoms with Crippen LogP contribution in [0.3, 0.4) is 0 Å². The third-order valence-electron chi connectivity index (χ3n) is 4.08. The number of thioether (sulfide) groups is 1. The zero-order chi connectivity index (χ0) is 16.5. The number of nitrogens with zero attached hydrogens (tertiary/aromatic N) is 1. The van der Waals surface area contributed by atoms with E-state index >= 15 is 0 Å². The number of hydrogen-bond donors (Lipinski definition) is 1. The van der Waals surface area contributed by atoms with E-state index in [2.05, 4.69) is 48.3 Å². The number of unbranched alkanes of at least 4 members (excludes halogenated alkanes) is 1. The molecule has 128 valence electrons. The van der Waals surface area contributed by atoms with Crippen LogP contribution in [0.5, 0.6) is 0 Å². The lowest BCUT2D eigenvalue weighted by Gasteiger charge is -2.14. The number of nitrogens with one attached hydrogen (secondary N) is 1. The van der Waals surface area contributed by atoms with Crippen LogP contribution in [0, 0.1) is 0 Å². The second kappa shape index (κ2) is 9.99. The first kappa shape index (κ1) is 18.3. The molecule has 1 aliphatic rings. The highest BCUT2D eigenvalue weighted by Gasteiger charge is 2.10. The number of carbonyl (C=O) groups excluding carboxylic acids is 1. The molecule has 1 amide bonds. The Balaban J connectivity index is 1.58. The highest BCUT2D eigenvalue weighted by atomic mass is 32.2. The van der Waals surface area contributed by atoms with Crippen LogP contribution in [0.4, 0.5) is 0 Å². The number of likely N-dealkylation sites (tertiary alicyclic amines) is 1. The summed E-state index contributed by atoms with van der Waals surface area (Å²) in [6.45, 7) is 8.89. The van der Waals surface area contributed by atoms with Crippen molar-refractivity contribution in [2.75, 3.05) is 26.2 Å². The molecule has 1 aromatic carbocycles. The molecule has 1 heterocycles. The number of rotatable bonds is 9. The summed E-state index contributed by atoms with van der Waals surface area (Å²) >= 11 is 1.85. The van der Waals surface area contributed by atoms with Gasteiger partial charge in [-0.2, -0.15) is 0 Å². The quantitative estimate of drug-likeness (QED) is 0.552. The topological polar surface area (TPSA) is 32.3 Å².